The van der Waals surface area contributed by atoms with E-state index in [1.165, 1.54) is 7.11 Å². The molecule has 5 heteroatoms. The summed E-state index contributed by atoms with van der Waals surface area (Å²) in [6.07, 6.45) is 0. The number of hydrogen-bond donors (Lipinski definition) is 1. The Morgan fingerprint density at radius 3 is 2.72 bits per heavy atom. The molecule has 18 heavy (non-hydrogen) atoms. The van der Waals surface area contributed by atoms with Crippen LogP contribution in [0.3, 0.4) is 0 Å². The molecular weight excluding hydrogens is 318 g/mol. The van der Waals surface area contributed by atoms with Gasteiger partial charge in [0.2, 0.25) is 0 Å². The van der Waals surface area contributed by atoms with Gasteiger partial charge >= 0.3 is 5.97 Å². The van der Waals surface area contributed by atoms with Crippen molar-refractivity contribution in [2.45, 2.75) is 26.4 Å². The molecule has 0 radical (unpaired) electrons. The number of ether oxygens (including phenoxy) is 1. The summed E-state index contributed by atoms with van der Waals surface area (Å²) in [7, 11) is 1.40. The molecule has 0 fully saturated rings. The van der Waals surface area contributed by atoms with E-state index in [9.17, 15) is 4.79 Å². The maximum atomic E-state index is 11.6. The van der Waals surface area contributed by atoms with Crippen LogP contribution in [0.5, 0.6) is 0 Å². The lowest BCUT2D eigenvalue weighted by Gasteiger charge is -2.20. The Labute approximate surface area is 121 Å². The average Bonchev–Trinajstić information content (AvgIpc) is 2.32. The fourth-order valence-electron chi connectivity index (χ4n) is 1.62. The number of halogens is 2. The molecule has 100 valence electrons. The van der Waals surface area contributed by atoms with Crippen molar-refractivity contribution >= 4 is 33.5 Å². The molecule has 1 aromatic carbocycles. The van der Waals surface area contributed by atoms with Gasteiger partial charge in [0, 0.05) is 16.0 Å². The molecule has 0 heterocycles. The predicted octanol–water partition coefficient (Wildman–Crippen LogP) is 3.39. The van der Waals surface area contributed by atoms with E-state index in [4.69, 9.17) is 16.3 Å². The van der Waals surface area contributed by atoms with Crippen LogP contribution in [0.15, 0.2) is 22.7 Å². The van der Waals surface area contributed by atoms with Gasteiger partial charge in [-0.25, -0.2) is 0 Å². The summed E-state index contributed by atoms with van der Waals surface area (Å²) in [5.41, 5.74) is 1.01. The van der Waals surface area contributed by atoms with Crippen molar-refractivity contribution in [1.82, 2.24) is 5.32 Å². The Hall–Kier alpha value is -0.580. The summed E-state index contributed by atoms with van der Waals surface area (Å²) in [6, 6.07) is 5.26. The van der Waals surface area contributed by atoms with Crippen LogP contribution in [0.2, 0.25) is 5.02 Å². The molecule has 1 aromatic rings. The van der Waals surface area contributed by atoms with Gasteiger partial charge in [0.15, 0.2) is 0 Å². The third kappa shape index (κ3) is 4.26. The van der Waals surface area contributed by atoms with Crippen molar-refractivity contribution in [1.29, 1.82) is 0 Å². The summed E-state index contributed by atoms with van der Waals surface area (Å²) in [6.45, 7) is 4.50. The zero-order chi connectivity index (χ0) is 13.7. The molecule has 0 aliphatic carbocycles. The molecule has 1 atom stereocenters. The van der Waals surface area contributed by atoms with E-state index < -0.39 is 0 Å². The molecule has 0 aromatic heterocycles. The molecular formula is C13H17BrClNO2. The number of methoxy groups -OCH3 is 1. The first-order chi connectivity index (χ1) is 8.45. The highest BCUT2D eigenvalue weighted by Crippen LogP contribution is 2.21. The van der Waals surface area contributed by atoms with Gasteiger partial charge in [-0.05, 0) is 29.7 Å². The van der Waals surface area contributed by atoms with Crippen LogP contribution in [-0.4, -0.2) is 19.1 Å². The van der Waals surface area contributed by atoms with E-state index in [-0.39, 0.29) is 17.9 Å². The van der Waals surface area contributed by atoms with Crippen LogP contribution in [0.1, 0.15) is 19.4 Å². The number of carbonyl (C=O) groups is 1. The van der Waals surface area contributed by atoms with E-state index in [1.54, 1.807) is 0 Å². The van der Waals surface area contributed by atoms with Gasteiger partial charge in [-0.15, -0.1) is 0 Å². The van der Waals surface area contributed by atoms with Gasteiger partial charge in [0.1, 0.15) is 6.04 Å². The summed E-state index contributed by atoms with van der Waals surface area (Å²) in [5.74, 6) is -0.0847. The molecule has 0 bridgehead atoms. The van der Waals surface area contributed by atoms with Crippen LogP contribution in [0.25, 0.3) is 0 Å². The minimum absolute atomic E-state index is 0.162. The number of hydrogen-bond acceptors (Lipinski definition) is 3. The summed E-state index contributed by atoms with van der Waals surface area (Å²) >= 11 is 9.40. The summed E-state index contributed by atoms with van der Waals surface area (Å²) in [4.78, 5) is 11.6. The first kappa shape index (κ1) is 15.5. The van der Waals surface area contributed by atoms with Crippen LogP contribution in [0.4, 0.5) is 0 Å². The first-order valence-corrected chi connectivity index (χ1v) is 6.88. The van der Waals surface area contributed by atoms with Gasteiger partial charge in [-0.1, -0.05) is 41.4 Å². The average molecular weight is 335 g/mol. The fourth-order valence-corrected chi connectivity index (χ4v) is 2.20. The second-order valence-corrected chi connectivity index (χ2v) is 5.65. The minimum Gasteiger partial charge on any atom is -0.468 e. The first-order valence-electron chi connectivity index (χ1n) is 5.70. The number of esters is 1. The Morgan fingerprint density at radius 2 is 2.17 bits per heavy atom. The molecule has 0 aliphatic heterocycles. The largest absolute Gasteiger partial charge is 0.468 e. The zero-order valence-corrected chi connectivity index (χ0v) is 13.0. The van der Waals surface area contributed by atoms with Crippen molar-refractivity contribution in [2.24, 2.45) is 5.92 Å². The van der Waals surface area contributed by atoms with Gasteiger partial charge in [-0.2, -0.15) is 0 Å². The van der Waals surface area contributed by atoms with Gasteiger partial charge < -0.3 is 10.1 Å². The number of rotatable bonds is 5. The minimum atomic E-state index is -0.319. The SMILES string of the molecule is COC(=O)C(NCc1cc(Cl)ccc1Br)C(C)C. The molecule has 1 unspecified atom stereocenters. The Balaban J connectivity index is 2.73. The van der Waals surface area contributed by atoms with E-state index >= 15 is 0 Å². The Bertz CT molecular complexity index is 423. The maximum absolute atomic E-state index is 11.6. The van der Waals surface area contributed by atoms with Gasteiger partial charge in [0.05, 0.1) is 7.11 Å². The quantitative estimate of drug-likeness (QED) is 0.839. The molecule has 1 rings (SSSR count). The highest BCUT2D eigenvalue weighted by Gasteiger charge is 2.22. The van der Waals surface area contributed by atoms with Crippen molar-refractivity contribution in [2.75, 3.05) is 7.11 Å². The van der Waals surface area contributed by atoms with Crippen molar-refractivity contribution < 1.29 is 9.53 Å². The third-order valence-electron chi connectivity index (χ3n) is 2.64. The van der Waals surface area contributed by atoms with Crippen LogP contribution >= 0.6 is 27.5 Å². The highest BCUT2D eigenvalue weighted by atomic mass is 79.9. The van der Waals surface area contributed by atoms with Crippen molar-refractivity contribution in [3.05, 3.63) is 33.3 Å². The lowest BCUT2D eigenvalue weighted by Crippen LogP contribution is -2.41. The lowest BCUT2D eigenvalue weighted by atomic mass is 10.0. The lowest BCUT2D eigenvalue weighted by molar-refractivity contribution is -0.144. The molecule has 0 saturated carbocycles. The van der Waals surface area contributed by atoms with Gasteiger partial charge in [-0.3, -0.25) is 4.79 Å². The Morgan fingerprint density at radius 1 is 1.50 bits per heavy atom. The number of nitrogens with one attached hydrogen (secondary N) is 1. The molecule has 0 spiro atoms. The highest BCUT2D eigenvalue weighted by molar-refractivity contribution is 9.10. The standard InChI is InChI=1S/C13H17BrClNO2/c1-8(2)12(13(17)18-3)16-7-9-6-10(15)4-5-11(9)14/h4-6,8,12,16H,7H2,1-3H3. The van der Waals surface area contributed by atoms with E-state index in [0.29, 0.717) is 11.6 Å². The number of carbonyl (C=O) groups excluding carboxylic acids is 1. The zero-order valence-electron chi connectivity index (χ0n) is 10.7. The van der Waals surface area contributed by atoms with E-state index in [2.05, 4.69) is 21.2 Å². The second-order valence-electron chi connectivity index (χ2n) is 4.36. The maximum Gasteiger partial charge on any atom is 0.323 e. The second kappa shape index (κ2) is 7.12. The molecule has 0 amide bonds. The molecule has 0 aliphatic rings. The number of benzene rings is 1. The molecule has 0 saturated heterocycles. The van der Waals surface area contributed by atoms with Crippen molar-refractivity contribution in [3.8, 4) is 0 Å². The molecule has 3 nitrogen and oxygen atoms in total. The third-order valence-corrected chi connectivity index (χ3v) is 3.65. The van der Waals surface area contributed by atoms with E-state index in [0.717, 1.165) is 10.0 Å². The van der Waals surface area contributed by atoms with Crippen LogP contribution in [0, 0.1) is 5.92 Å². The summed E-state index contributed by atoms with van der Waals surface area (Å²) < 4.78 is 5.74. The normalized spacial score (nSPS) is 12.6. The summed E-state index contributed by atoms with van der Waals surface area (Å²) in [5, 5.41) is 3.87. The van der Waals surface area contributed by atoms with Gasteiger partial charge in [0.25, 0.3) is 0 Å². The Kier molecular flexibility index (Phi) is 6.12. The predicted molar refractivity (Wildman–Crippen MR) is 76.6 cm³/mol. The monoisotopic (exact) mass is 333 g/mol. The van der Waals surface area contributed by atoms with Crippen LogP contribution in [-0.2, 0) is 16.1 Å². The van der Waals surface area contributed by atoms with Crippen LogP contribution < -0.4 is 5.32 Å². The smallest absolute Gasteiger partial charge is 0.323 e. The topological polar surface area (TPSA) is 38.3 Å². The van der Waals surface area contributed by atoms with E-state index in [1.807, 2.05) is 32.0 Å². The fraction of sp³-hybridized carbons (Fsp3) is 0.462. The van der Waals surface area contributed by atoms with Crippen molar-refractivity contribution in [3.63, 3.8) is 0 Å². The molecule has 1 N–H and O–H groups in total.